The third-order valence-electron chi connectivity index (χ3n) is 2.30. The van der Waals surface area contributed by atoms with E-state index in [-0.39, 0.29) is 5.56 Å². The minimum atomic E-state index is -0.804. The van der Waals surface area contributed by atoms with Crippen LogP contribution in [0.5, 0.6) is 0 Å². The van der Waals surface area contributed by atoms with E-state index in [0.29, 0.717) is 12.1 Å². The number of benzene rings is 1. The molecule has 0 saturated carbocycles. The van der Waals surface area contributed by atoms with Crippen molar-refractivity contribution in [3.63, 3.8) is 0 Å². The van der Waals surface area contributed by atoms with E-state index in [4.69, 9.17) is 5.26 Å². The van der Waals surface area contributed by atoms with Gasteiger partial charge in [0.2, 0.25) is 0 Å². The summed E-state index contributed by atoms with van der Waals surface area (Å²) < 4.78 is 26.4. The Kier molecular flexibility index (Phi) is 4.39. The molecule has 0 heterocycles. The number of hydrogen-bond acceptors (Lipinski definition) is 2. The summed E-state index contributed by atoms with van der Waals surface area (Å²) in [5.74, 6) is -1.40. The first-order valence-corrected chi connectivity index (χ1v) is 5.15. The maximum atomic E-state index is 13.4. The highest BCUT2D eigenvalue weighted by Crippen LogP contribution is 2.15. The molecular weight excluding hydrogens is 210 g/mol. The summed E-state index contributed by atoms with van der Waals surface area (Å²) in [6.07, 6.45) is 0.963. The zero-order valence-electron chi connectivity index (χ0n) is 9.43. The molecule has 0 amide bonds. The van der Waals surface area contributed by atoms with E-state index in [1.165, 1.54) is 6.07 Å². The van der Waals surface area contributed by atoms with Gasteiger partial charge in [-0.2, -0.15) is 5.26 Å². The Bertz CT molecular complexity index is 410. The van der Waals surface area contributed by atoms with Crippen LogP contribution in [0.15, 0.2) is 12.1 Å². The minimum Gasteiger partial charge on any atom is -0.302 e. The lowest BCUT2D eigenvalue weighted by molar-refractivity contribution is 0.321. The molecule has 1 rings (SSSR count). The number of rotatable bonds is 4. The lowest BCUT2D eigenvalue weighted by Crippen LogP contribution is -2.19. The van der Waals surface area contributed by atoms with Crippen LogP contribution in [0, 0.1) is 23.0 Å². The maximum Gasteiger partial charge on any atom is 0.143 e. The fraction of sp³-hybridized carbons (Fsp3) is 0.417. The Balaban J connectivity index is 2.92. The molecule has 0 atom stereocenters. The second kappa shape index (κ2) is 5.57. The van der Waals surface area contributed by atoms with Crippen LogP contribution in [-0.2, 0) is 6.54 Å². The molecule has 0 aliphatic carbocycles. The van der Waals surface area contributed by atoms with E-state index in [9.17, 15) is 8.78 Å². The van der Waals surface area contributed by atoms with Crippen LogP contribution in [0.3, 0.4) is 0 Å². The summed E-state index contributed by atoms with van der Waals surface area (Å²) in [7, 11) is 1.86. The van der Waals surface area contributed by atoms with Gasteiger partial charge in [0.1, 0.15) is 17.7 Å². The molecular formula is C12H14F2N2. The molecule has 0 N–H and O–H groups in total. The van der Waals surface area contributed by atoms with Gasteiger partial charge >= 0.3 is 0 Å². The van der Waals surface area contributed by atoms with Gasteiger partial charge in [0.05, 0.1) is 5.56 Å². The smallest absolute Gasteiger partial charge is 0.143 e. The lowest BCUT2D eigenvalue weighted by Gasteiger charge is -2.16. The number of hydrogen-bond donors (Lipinski definition) is 0. The fourth-order valence-electron chi connectivity index (χ4n) is 1.55. The van der Waals surface area contributed by atoms with Crippen LogP contribution in [0.25, 0.3) is 0 Å². The maximum absolute atomic E-state index is 13.4. The van der Waals surface area contributed by atoms with E-state index in [2.05, 4.69) is 0 Å². The quantitative estimate of drug-likeness (QED) is 0.786. The minimum absolute atomic E-state index is 0.110. The summed E-state index contributed by atoms with van der Waals surface area (Å²) in [6, 6.07) is 3.75. The average molecular weight is 224 g/mol. The van der Waals surface area contributed by atoms with Gasteiger partial charge in [-0.3, -0.25) is 0 Å². The predicted molar refractivity (Wildman–Crippen MR) is 57.7 cm³/mol. The van der Waals surface area contributed by atoms with Crippen LogP contribution in [0.1, 0.15) is 24.5 Å². The van der Waals surface area contributed by atoms with Crippen molar-refractivity contribution >= 4 is 0 Å². The molecule has 0 unspecified atom stereocenters. The molecule has 0 spiro atoms. The molecule has 1 aromatic rings. The highest BCUT2D eigenvalue weighted by molar-refractivity contribution is 5.35. The summed E-state index contributed by atoms with van der Waals surface area (Å²) in [6.45, 7) is 3.24. The van der Waals surface area contributed by atoms with Crippen LogP contribution in [-0.4, -0.2) is 18.5 Å². The monoisotopic (exact) mass is 224 g/mol. The van der Waals surface area contributed by atoms with Crippen LogP contribution in [0.4, 0.5) is 8.78 Å². The topological polar surface area (TPSA) is 27.0 Å². The zero-order valence-corrected chi connectivity index (χ0v) is 9.43. The van der Waals surface area contributed by atoms with Gasteiger partial charge in [-0.25, -0.2) is 8.78 Å². The summed E-state index contributed by atoms with van der Waals surface area (Å²) in [5, 5.41) is 8.65. The average Bonchev–Trinajstić information content (AvgIpc) is 2.22. The van der Waals surface area contributed by atoms with Crippen LogP contribution >= 0.6 is 0 Å². The molecule has 0 radical (unpaired) electrons. The molecule has 0 aromatic heterocycles. The van der Waals surface area contributed by atoms with Gasteiger partial charge in [0.25, 0.3) is 0 Å². The van der Waals surface area contributed by atoms with E-state index in [1.54, 1.807) is 6.07 Å². The molecule has 0 aliphatic heterocycles. The highest BCUT2D eigenvalue weighted by Gasteiger charge is 2.10. The van der Waals surface area contributed by atoms with Crippen molar-refractivity contribution in [2.24, 2.45) is 0 Å². The van der Waals surface area contributed by atoms with Gasteiger partial charge in [-0.05, 0) is 26.1 Å². The van der Waals surface area contributed by atoms with Crippen molar-refractivity contribution in [2.75, 3.05) is 13.6 Å². The Hall–Kier alpha value is -1.47. The van der Waals surface area contributed by atoms with E-state index >= 15 is 0 Å². The number of nitrogens with zero attached hydrogens (tertiary/aromatic N) is 2. The molecule has 0 aliphatic rings. The molecule has 0 bridgehead atoms. The first-order valence-electron chi connectivity index (χ1n) is 5.15. The Morgan fingerprint density at radius 2 is 2.00 bits per heavy atom. The van der Waals surface area contributed by atoms with Gasteiger partial charge < -0.3 is 4.90 Å². The van der Waals surface area contributed by atoms with Crippen molar-refractivity contribution in [1.29, 1.82) is 5.26 Å². The molecule has 16 heavy (non-hydrogen) atoms. The lowest BCUT2D eigenvalue weighted by atomic mass is 10.1. The molecule has 1 aromatic carbocycles. The second-order valence-electron chi connectivity index (χ2n) is 3.77. The van der Waals surface area contributed by atoms with Crippen LogP contribution in [0.2, 0.25) is 0 Å². The number of nitriles is 1. The normalized spacial score (nSPS) is 10.5. The van der Waals surface area contributed by atoms with Gasteiger partial charge in [0.15, 0.2) is 0 Å². The summed E-state index contributed by atoms with van der Waals surface area (Å²) >= 11 is 0. The van der Waals surface area contributed by atoms with Crippen molar-refractivity contribution in [3.05, 3.63) is 34.9 Å². The van der Waals surface area contributed by atoms with E-state index < -0.39 is 11.6 Å². The highest BCUT2D eigenvalue weighted by atomic mass is 19.1. The third-order valence-corrected chi connectivity index (χ3v) is 2.30. The molecule has 0 fully saturated rings. The third kappa shape index (κ3) is 3.01. The SMILES string of the molecule is CCCN(C)Cc1cc(C#N)c(F)cc1F. The Morgan fingerprint density at radius 1 is 1.31 bits per heavy atom. The van der Waals surface area contributed by atoms with E-state index in [1.807, 2.05) is 18.9 Å². The van der Waals surface area contributed by atoms with Crippen molar-refractivity contribution in [3.8, 4) is 6.07 Å². The fourth-order valence-corrected chi connectivity index (χ4v) is 1.55. The largest absolute Gasteiger partial charge is 0.302 e. The van der Waals surface area contributed by atoms with Gasteiger partial charge in [-0.1, -0.05) is 6.92 Å². The summed E-state index contributed by atoms with van der Waals surface area (Å²) in [4.78, 5) is 1.93. The first-order chi connectivity index (χ1) is 7.58. The standard InChI is InChI=1S/C12H14F2N2/c1-3-4-16(2)8-10-5-9(7-15)11(13)6-12(10)14/h5-6H,3-4,8H2,1-2H3. The zero-order chi connectivity index (χ0) is 12.1. The molecule has 86 valence electrons. The predicted octanol–water partition coefficient (Wildman–Crippen LogP) is 2.68. The van der Waals surface area contributed by atoms with Gasteiger partial charge in [0, 0.05) is 18.2 Å². The molecule has 0 saturated heterocycles. The van der Waals surface area contributed by atoms with Crippen LogP contribution < -0.4 is 0 Å². The van der Waals surface area contributed by atoms with Crippen molar-refractivity contribution < 1.29 is 8.78 Å². The molecule has 2 nitrogen and oxygen atoms in total. The first kappa shape index (κ1) is 12.6. The van der Waals surface area contributed by atoms with Crippen molar-refractivity contribution in [1.82, 2.24) is 4.90 Å². The van der Waals surface area contributed by atoms with Gasteiger partial charge in [-0.15, -0.1) is 0 Å². The van der Waals surface area contributed by atoms with E-state index in [0.717, 1.165) is 19.0 Å². The molecule has 4 heteroatoms. The van der Waals surface area contributed by atoms with Crippen molar-refractivity contribution in [2.45, 2.75) is 19.9 Å². The number of halogens is 2. The summed E-state index contributed by atoms with van der Waals surface area (Å²) in [5.41, 5.74) is 0.246. The Labute approximate surface area is 94.1 Å². The second-order valence-corrected chi connectivity index (χ2v) is 3.77. The Morgan fingerprint density at radius 3 is 2.56 bits per heavy atom.